The Morgan fingerprint density at radius 1 is 0.450 bits per heavy atom. The van der Waals surface area contributed by atoms with Crippen molar-refractivity contribution in [2.24, 2.45) is 0 Å². The minimum atomic E-state index is -1.22. The SMILES string of the molecule is CC(C)c1c(C(=O)NCCCCCCCCCCNC(=O)c2c(-c3ccccc3)c(-c3ccc(F)cc3)n(CCC(O)CC(O)CC(=O)O)c2C(C)C)c(-c2ccccc2)c(-c2ccc(F)cc2)n1CCC(O)CC(O)CC(=O)O. The lowest BCUT2D eigenvalue weighted by molar-refractivity contribution is -0.140. The minimum absolute atomic E-state index is 0.127. The van der Waals surface area contributed by atoms with E-state index < -0.39 is 60.8 Å². The van der Waals surface area contributed by atoms with Crippen LogP contribution in [0.1, 0.15) is 162 Å². The van der Waals surface area contributed by atoms with Gasteiger partial charge in [-0.15, -0.1) is 0 Å². The quantitative estimate of drug-likeness (QED) is 0.0182. The average Bonchev–Trinajstić information content (AvgIpc) is 3.98. The summed E-state index contributed by atoms with van der Waals surface area (Å²) in [4.78, 5) is 51.4. The van der Waals surface area contributed by atoms with Gasteiger partial charge in [-0.05, 0) is 121 Å². The van der Waals surface area contributed by atoms with Crippen molar-refractivity contribution in [1.82, 2.24) is 19.8 Å². The molecule has 4 atom stereocenters. The number of hydrogen-bond acceptors (Lipinski definition) is 8. The van der Waals surface area contributed by atoms with Gasteiger partial charge in [0.05, 0.1) is 59.8 Å². The lowest BCUT2D eigenvalue weighted by Gasteiger charge is -2.20. The molecule has 6 aromatic rings. The summed E-state index contributed by atoms with van der Waals surface area (Å²) in [7, 11) is 0. The highest BCUT2D eigenvalue weighted by molar-refractivity contribution is 6.07. The first-order chi connectivity index (χ1) is 38.4. The number of nitrogens with zero attached hydrogens (tertiary/aromatic N) is 2. The van der Waals surface area contributed by atoms with Crippen LogP contribution in [0, 0.1) is 11.6 Å². The largest absolute Gasteiger partial charge is 0.481 e. The predicted molar refractivity (Wildman–Crippen MR) is 307 cm³/mol. The van der Waals surface area contributed by atoms with E-state index in [1.807, 2.05) is 97.5 Å². The number of nitrogens with one attached hydrogen (secondary N) is 2. The number of carboxylic acids is 2. The molecular weight excluding hydrogens is 1020 g/mol. The number of hydrogen-bond donors (Lipinski definition) is 8. The molecule has 0 aliphatic heterocycles. The van der Waals surface area contributed by atoms with Crippen molar-refractivity contribution >= 4 is 23.8 Å². The molecule has 2 heterocycles. The summed E-state index contributed by atoms with van der Waals surface area (Å²) >= 11 is 0. The summed E-state index contributed by atoms with van der Waals surface area (Å²) in [5.74, 6) is -3.94. The van der Waals surface area contributed by atoms with Gasteiger partial charge in [0.25, 0.3) is 11.8 Å². The lowest BCUT2D eigenvalue weighted by atomic mass is 9.94. The Hall–Kier alpha value is -6.98. The Kier molecular flexibility index (Phi) is 23.8. The minimum Gasteiger partial charge on any atom is -0.481 e. The fourth-order valence-corrected chi connectivity index (χ4v) is 10.9. The summed E-state index contributed by atoms with van der Waals surface area (Å²) in [6, 6.07) is 31.3. The number of unbranched alkanes of at least 4 members (excludes halogenated alkanes) is 7. The average molecular weight is 1100 g/mol. The van der Waals surface area contributed by atoms with E-state index >= 15 is 0 Å². The first kappa shape index (κ1) is 62.2. The van der Waals surface area contributed by atoms with Crippen molar-refractivity contribution in [3.05, 3.63) is 143 Å². The van der Waals surface area contributed by atoms with Crippen LogP contribution in [-0.4, -0.2) is 101 Å². The van der Waals surface area contributed by atoms with Crippen LogP contribution < -0.4 is 10.6 Å². The van der Waals surface area contributed by atoms with Crippen molar-refractivity contribution in [2.45, 2.75) is 167 Å². The number of aliphatic carboxylic acids is 2. The second kappa shape index (κ2) is 30.6. The summed E-state index contributed by atoms with van der Waals surface area (Å²) in [5, 5.41) is 67.1. The molecule has 0 radical (unpaired) electrons. The predicted octanol–water partition coefficient (Wildman–Crippen LogP) is 11.7. The van der Waals surface area contributed by atoms with Gasteiger partial charge in [-0.1, -0.05) is 127 Å². The molecule has 14 nitrogen and oxygen atoms in total. The number of amides is 2. The molecule has 0 fully saturated rings. The molecule has 0 saturated heterocycles. The van der Waals surface area contributed by atoms with Crippen LogP contribution in [0.25, 0.3) is 44.8 Å². The molecule has 0 aliphatic rings. The number of aromatic nitrogens is 2. The van der Waals surface area contributed by atoms with Crippen LogP contribution in [0.4, 0.5) is 8.78 Å². The van der Waals surface area contributed by atoms with Crippen LogP contribution in [0.2, 0.25) is 0 Å². The van der Waals surface area contributed by atoms with Gasteiger partial charge >= 0.3 is 11.9 Å². The van der Waals surface area contributed by atoms with E-state index in [0.29, 0.717) is 57.9 Å². The number of carbonyl (C=O) groups excluding carboxylic acids is 2. The molecule has 2 aromatic heterocycles. The van der Waals surface area contributed by atoms with E-state index in [0.717, 1.165) is 73.9 Å². The van der Waals surface area contributed by atoms with E-state index in [4.69, 9.17) is 10.2 Å². The highest BCUT2D eigenvalue weighted by Gasteiger charge is 2.33. The fourth-order valence-electron chi connectivity index (χ4n) is 10.9. The number of benzene rings is 4. The van der Waals surface area contributed by atoms with E-state index in [9.17, 15) is 48.4 Å². The summed E-state index contributed by atoms with van der Waals surface area (Å²) in [5.41, 5.74) is 8.17. The molecular formula is C64H80F2N4O10. The molecule has 0 bridgehead atoms. The van der Waals surface area contributed by atoms with Crippen LogP contribution in [-0.2, 0) is 22.7 Å². The maximum absolute atomic E-state index is 14.5. The number of aliphatic hydroxyl groups is 4. The van der Waals surface area contributed by atoms with Crippen molar-refractivity contribution in [1.29, 1.82) is 0 Å². The maximum Gasteiger partial charge on any atom is 0.305 e. The van der Waals surface area contributed by atoms with E-state index in [2.05, 4.69) is 10.6 Å². The third-order valence-electron chi connectivity index (χ3n) is 14.5. The number of carboxylic acid groups (broad SMARTS) is 2. The van der Waals surface area contributed by atoms with Crippen LogP contribution in [0.15, 0.2) is 109 Å². The highest BCUT2D eigenvalue weighted by Crippen LogP contribution is 2.44. The zero-order chi connectivity index (χ0) is 57.9. The summed E-state index contributed by atoms with van der Waals surface area (Å²) < 4.78 is 32.7. The number of aliphatic hydroxyl groups excluding tert-OH is 4. The molecule has 16 heteroatoms. The third kappa shape index (κ3) is 17.3. The first-order valence-corrected chi connectivity index (χ1v) is 28.2. The number of rotatable bonds is 33. The molecule has 2 amide bonds. The topological polar surface area (TPSA) is 224 Å². The Balaban J connectivity index is 1.06. The normalized spacial score (nSPS) is 13.1. The molecule has 0 aliphatic carbocycles. The van der Waals surface area contributed by atoms with Gasteiger partial charge in [-0.25, -0.2) is 8.78 Å². The van der Waals surface area contributed by atoms with Crippen LogP contribution >= 0.6 is 0 Å². The highest BCUT2D eigenvalue weighted by atomic mass is 19.1. The molecule has 4 unspecified atom stereocenters. The standard InChI is InChI=1S/C64H80F2N4O10/c1-41(2)59-57(55(43-19-13-11-14-20-43)61(45-23-27-47(65)28-24-45)69(59)35-31-49(71)37-51(73)39-53(75)76)63(79)67-33-17-9-7-5-6-8-10-18-34-68-64(80)58-56(44-21-15-12-16-22-44)62(46-25-29-48(66)30-26-46)70(60(58)42(3)4)36-32-50(72)38-52(74)40-54(77)78/h11-16,19-30,41-42,49-52,71-74H,5-10,17-18,31-40H2,1-4H3,(H,67,79)(H,68,80)(H,75,76)(H,77,78). The molecule has 8 N–H and O–H groups in total. The second-order valence-electron chi connectivity index (χ2n) is 21.5. The van der Waals surface area contributed by atoms with Crippen molar-refractivity contribution in [3.63, 3.8) is 0 Å². The smallest absolute Gasteiger partial charge is 0.305 e. The van der Waals surface area contributed by atoms with Gasteiger partial charge in [-0.2, -0.15) is 0 Å². The maximum atomic E-state index is 14.5. The van der Waals surface area contributed by atoms with Gasteiger partial charge in [0.2, 0.25) is 0 Å². The molecule has 80 heavy (non-hydrogen) atoms. The Morgan fingerprint density at radius 3 is 1.09 bits per heavy atom. The fraction of sp³-hybridized carbons (Fsp3) is 0.438. The van der Waals surface area contributed by atoms with Crippen molar-refractivity contribution in [2.75, 3.05) is 13.1 Å². The number of halogens is 2. The lowest BCUT2D eigenvalue weighted by Crippen LogP contribution is -2.26. The monoisotopic (exact) mass is 1100 g/mol. The molecule has 0 saturated carbocycles. The van der Waals surface area contributed by atoms with Gasteiger partial charge in [0.15, 0.2) is 0 Å². The summed E-state index contributed by atoms with van der Waals surface area (Å²) in [6.45, 7) is 9.36. The third-order valence-corrected chi connectivity index (χ3v) is 14.5. The van der Waals surface area contributed by atoms with Gasteiger partial charge < -0.3 is 50.4 Å². The zero-order valence-corrected chi connectivity index (χ0v) is 46.6. The van der Waals surface area contributed by atoms with Crippen LogP contribution in [0.3, 0.4) is 0 Å². The van der Waals surface area contributed by atoms with Gasteiger partial charge in [0.1, 0.15) is 11.6 Å². The van der Waals surface area contributed by atoms with Gasteiger partial charge in [-0.3, -0.25) is 19.2 Å². The Morgan fingerprint density at radius 2 is 0.775 bits per heavy atom. The molecule has 430 valence electrons. The van der Waals surface area contributed by atoms with Crippen molar-refractivity contribution in [3.8, 4) is 44.8 Å². The molecule has 6 rings (SSSR count). The van der Waals surface area contributed by atoms with Crippen molar-refractivity contribution < 1.29 is 58.6 Å². The van der Waals surface area contributed by atoms with Crippen LogP contribution in [0.5, 0.6) is 0 Å². The first-order valence-electron chi connectivity index (χ1n) is 28.2. The summed E-state index contributed by atoms with van der Waals surface area (Å²) in [6.07, 6.45) is 1.90. The zero-order valence-electron chi connectivity index (χ0n) is 46.6. The van der Waals surface area contributed by atoms with E-state index in [1.165, 1.54) is 24.3 Å². The van der Waals surface area contributed by atoms with Gasteiger partial charge in [0, 0.05) is 48.7 Å². The molecule has 0 spiro atoms. The molecule has 4 aromatic carbocycles. The van der Waals surface area contributed by atoms with E-state index in [1.54, 1.807) is 24.3 Å². The number of carbonyl (C=O) groups is 4. The second-order valence-corrected chi connectivity index (χ2v) is 21.5. The Bertz CT molecular complexity index is 2740. The Labute approximate surface area is 468 Å². The van der Waals surface area contributed by atoms with E-state index in [-0.39, 0.29) is 62.4 Å².